The van der Waals surface area contributed by atoms with Crippen molar-refractivity contribution in [3.63, 3.8) is 0 Å². The first-order valence-electron chi connectivity index (χ1n) is 8.23. The maximum absolute atomic E-state index is 12.4. The van der Waals surface area contributed by atoms with E-state index in [9.17, 15) is 14.4 Å². The summed E-state index contributed by atoms with van der Waals surface area (Å²) in [6.45, 7) is 10.4. The van der Waals surface area contributed by atoms with Crippen molar-refractivity contribution >= 4 is 17.5 Å². The third kappa shape index (κ3) is 4.60. The third-order valence-corrected chi connectivity index (χ3v) is 4.13. The van der Waals surface area contributed by atoms with Crippen molar-refractivity contribution in [1.82, 2.24) is 14.7 Å². The Morgan fingerprint density at radius 2 is 1.32 bits per heavy atom. The second-order valence-electron chi connectivity index (χ2n) is 7.44. The molecule has 4 rings (SSSR count). The molecule has 3 aliphatic heterocycles. The molecule has 1 N–H and O–H groups in total. The quantitative estimate of drug-likeness (QED) is 0.515. The molecule has 0 spiro atoms. The number of allylic oxidation sites excluding steroid dienone is 1. The number of carbonyl (C=O) groups excluding carboxylic acids is 2. The van der Waals surface area contributed by atoms with E-state index >= 15 is 0 Å². The Balaban J connectivity index is 0.000000246. The van der Waals surface area contributed by atoms with E-state index < -0.39 is 11.4 Å². The van der Waals surface area contributed by atoms with Gasteiger partial charge in [0, 0.05) is 71.5 Å². The van der Waals surface area contributed by atoms with E-state index in [0.29, 0.717) is 17.1 Å². The van der Waals surface area contributed by atoms with Crippen LogP contribution in [-0.4, -0.2) is 76.6 Å². The van der Waals surface area contributed by atoms with Gasteiger partial charge in [0.2, 0.25) is 11.6 Å². The summed E-state index contributed by atoms with van der Waals surface area (Å²) in [5.74, 6) is -0.708. The van der Waals surface area contributed by atoms with E-state index in [1.807, 2.05) is 14.7 Å². The fourth-order valence-electron chi connectivity index (χ4n) is 2.28. The molecule has 0 aromatic heterocycles. The zero-order valence-electron chi connectivity index (χ0n) is 14.8. The summed E-state index contributed by atoms with van der Waals surface area (Å²) < 4.78 is 0. The second-order valence-corrected chi connectivity index (χ2v) is 7.44. The van der Waals surface area contributed by atoms with Crippen LogP contribution in [0, 0.1) is 5.41 Å². The van der Waals surface area contributed by atoms with Crippen LogP contribution in [0.2, 0.25) is 0 Å². The van der Waals surface area contributed by atoms with Crippen molar-refractivity contribution in [2.45, 2.75) is 20.8 Å². The number of hydrogen-bond donors (Lipinski definition) is 1. The number of Topliss-reactive ketones (excluding diaryl/α,β-unsaturated/α-hetero) is 1. The molecule has 3 heterocycles. The van der Waals surface area contributed by atoms with Crippen molar-refractivity contribution in [2.24, 2.45) is 5.41 Å². The molecule has 0 aromatic carbocycles. The molecule has 3 fully saturated rings. The molecule has 1 aliphatic carbocycles. The molecule has 3 saturated heterocycles. The van der Waals surface area contributed by atoms with Gasteiger partial charge in [-0.15, -0.1) is 0 Å². The van der Waals surface area contributed by atoms with Gasteiger partial charge in [0.05, 0.1) is 11.1 Å². The van der Waals surface area contributed by atoms with Crippen LogP contribution in [0.5, 0.6) is 0 Å². The molecule has 0 bridgehead atoms. The minimum atomic E-state index is -0.757. The van der Waals surface area contributed by atoms with Gasteiger partial charge in [-0.25, -0.2) is 0 Å². The van der Waals surface area contributed by atoms with Gasteiger partial charge in [0.1, 0.15) is 11.4 Å². The maximum atomic E-state index is 12.4. The van der Waals surface area contributed by atoms with Gasteiger partial charge in [-0.05, 0) is 20.8 Å². The van der Waals surface area contributed by atoms with E-state index in [1.165, 1.54) is 6.08 Å². The summed E-state index contributed by atoms with van der Waals surface area (Å²) in [5.41, 5.74) is 1.30. The summed E-state index contributed by atoms with van der Waals surface area (Å²) in [6.07, 6.45) is 1.52. The van der Waals surface area contributed by atoms with Crippen LogP contribution in [0.15, 0.2) is 23.2 Å². The van der Waals surface area contributed by atoms with Gasteiger partial charge in [-0.2, -0.15) is 0 Å². The summed E-state index contributed by atoms with van der Waals surface area (Å²) in [6, 6.07) is 0. The van der Waals surface area contributed by atoms with E-state index in [0.717, 1.165) is 39.3 Å². The van der Waals surface area contributed by atoms with Crippen LogP contribution < -0.4 is 0 Å². The largest absolute Gasteiger partial charge is 0.481 e. The van der Waals surface area contributed by atoms with E-state index in [1.54, 1.807) is 20.8 Å². The molecule has 4 aliphatic rings. The fourth-order valence-corrected chi connectivity index (χ4v) is 2.28. The smallest absolute Gasteiger partial charge is 0.308 e. The molecule has 25 heavy (non-hydrogen) atoms. The monoisotopic (exact) mass is 423 g/mol. The SMILES string of the molecule is CC(C)(C)C(=O)O.O=C1C=C(N2CC2)C(=O)C(N2CC2)=C1N1CC1.[Zr]. The minimum Gasteiger partial charge on any atom is -0.481 e. The summed E-state index contributed by atoms with van der Waals surface area (Å²) in [5, 5.41) is 8.25. The number of carboxylic acids is 1. The predicted octanol–water partition coefficient (Wildman–Crippen LogP) is 0.295. The van der Waals surface area contributed by atoms with Crippen LogP contribution >= 0.6 is 0 Å². The number of nitrogens with zero attached hydrogens (tertiary/aromatic N) is 3. The first-order valence-corrected chi connectivity index (χ1v) is 8.23. The number of hydrogen-bond acceptors (Lipinski definition) is 6. The molecule has 0 radical (unpaired) electrons. The Morgan fingerprint density at radius 3 is 1.68 bits per heavy atom. The number of carboxylic acid groups (broad SMARTS) is 1. The van der Waals surface area contributed by atoms with E-state index in [4.69, 9.17) is 5.11 Å². The molecule has 7 nitrogen and oxygen atoms in total. The summed E-state index contributed by atoms with van der Waals surface area (Å²) in [4.78, 5) is 40.5. The molecule has 0 unspecified atom stereocenters. The van der Waals surface area contributed by atoms with Crippen LogP contribution in [0.3, 0.4) is 0 Å². The normalized spacial score (nSPS) is 21.2. The summed E-state index contributed by atoms with van der Waals surface area (Å²) in [7, 11) is 0. The Hall–Kier alpha value is -1.43. The topological polar surface area (TPSA) is 80.5 Å². The summed E-state index contributed by atoms with van der Waals surface area (Å²) >= 11 is 0. The molecule has 8 heteroatoms. The van der Waals surface area contributed by atoms with Crippen molar-refractivity contribution in [3.8, 4) is 0 Å². The Morgan fingerprint density at radius 1 is 0.920 bits per heavy atom. The second kappa shape index (κ2) is 7.06. The van der Waals surface area contributed by atoms with Crippen LogP contribution in [0.1, 0.15) is 20.8 Å². The maximum Gasteiger partial charge on any atom is 0.308 e. The van der Waals surface area contributed by atoms with Crippen LogP contribution in [0.4, 0.5) is 0 Å². The number of rotatable bonds is 3. The third-order valence-electron chi connectivity index (χ3n) is 4.13. The van der Waals surface area contributed by atoms with Gasteiger partial charge in [0.25, 0.3) is 0 Å². The van der Waals surface area contributed by atoms with Crippen molar-refractivity contribution in [2.75, 3.05) is 39.3 Å². The molecule has 0 atom stereocenters. The molecule has 134 valence electrons. The fraction of sp³-hybridized carbons (Fsp3) is 0.588. The molecule has 0 aromatic rings. The van der Waals surface area contributed by atoms with Crippen molar-refractivity contribution in [3.05, 3.63) is 23.2 Å². The molecule has 0 amide bonds. The van der Waals surface area contributed by atoms with Crippen LogP contribution in [-0.2, 0) is 40.6 Å². The first kappa shape index (κ1) is 19.9. The predicted molar refractivity (Wildman–Crippen MR) is 86.9 cm³/mol. The number of carbonyl (C=O) groups is 3. The van der Waals surface area contributed by atoms with Gasteiger partial charge < -0.3 is 19.8 Å². The number of aliphatic carboxylic acids is 1. The Labute approximate surface area is 166 Å². The Kier molecular flexibility index (Phi) is 5.62. The number of ketones is 2. The molecular formula is C17H23N3O4Zr. The van der Waals surface area contributed by atoms with Gasteiger partial charge in [-0.1, -0.05) is 0 Å². The first-order chi connectivity index (χ1) is 11.2. The average Bonchev–Trinajstić information content (AvgIpc) is 3.36. The van der Waals surface area contributed by atoms with Gasteiger partial charge in [-0.3, -0.25) is 14.4 Å². The average molecular weight is 425 g/mol. The zero-order chi connectivity index (χ0) is 17.6. The minimum absolute atomic E-state index is 0. The van der Waals surface area contributed by atoms with Gasteiger partial charge in [0.15, 0.2) is 0 Å². The van der Waals surface area contributed by atoms with E-state index in [2.05, 4.69) is 0 Å². The van der Waals surface area contributed by atoms with Crippen molar-refractivity contribution in [1.29, 1.82) is 0 Å². The molecule has 0 saturated carbocycles. The van der Waals surface area contributed by atoms with Gasteiger partial charge >= 0.3 is 5.97 Å². The Bertz CT molecular complexity index is 666. The van der Waals surface area contributed by atoms with Crippen LogP contribution in [0.25, 0.3) is 0 Å². The zero-order valence-corrected chi connectivity index (χ0v) is 17.3. The molecular weight excluding hydrogens is 401 g/mol. The standard InChI is InChI=1S/C12H13N3O2.C5H10O2.Zr/c16-9-7-8(13-1-2-13)12(17)11(15-5-6-15)10(9)14-3-4-14;1-5(2,3)4(6)7;/h7H,1-6H2;1-3H3,(H,6,7);. The van der Waals surface area contributed by atoms with E-state index in [-0.39, 0.29) is 37.8 Å². The van der Waals surface area contributed by atoms with Crippen molar-refractivity contribution < 1.29 is 45.7 Å².